The van der Waals surface area contributed by atoms with Gasteiger partial charge in [0.25, 0.3) is 0 Å². The minimum Gasteiger partial charge on any atom is -0.330 e. The smallest absolute Gasteiger partial charge is 0.126 e. The molecular weight excluding hydrogens is 260 g/mol. The lowest BCUT2D eigenvalue weighted by Gasteiger charge is -2.48. The summed E-state index contributed by atoms with van der Waals surface area (Å²) in [6, 6.07) is 8.60. The number of hydrogen-bond donors (Lipinski definition) is 1. The number of fused-ring (bicyclic) bond motifs is 1. The van der Waals surface area contributed by atoms with E-state index in [1.165, 1.54) is 24.8 Å². The highest BCUT2D eigenvalue weighted by Gasteiger charge is 2.39. The van der Waals surface area contributed by atoms with Crippen LogP contribution < -0.4 is 5.32 Å². The van der Waals surface area contributed by atoms with Crippen LogP contribution in [0.15, 0.2) is 24.3 Å². The highest BCUT2D eigenvalue weighted by atomic mass is 15.2. The molecule has 0 saturated heterocycles. The van der Waals surface area contributed by atoms with Gasteiger partial charge in [-0.1, -0.05) is 12.1 Å². The molecule has 1 aliphatic rings. The Balaban J connectivity index is 1.75. The second-order valence-corrected chi connectivity index (χ2v) is 6.59. The molecule has 3 rings (SSSR count). The average molecular weight is 286 g/mol. The zero-order chi connectivity index (χ0) is 15.0. The number of rotatable bonds is 5. The van der Waals surface area contributed by atoms with E-state index in [1.807, 2.05) is 6.07 Å². The van der Waals surface area contributed by atoms with Crippen LogP contribution in [0.3, 0.4) is 0 Å². The van der Waals surface area contributed by atoms with Crippen LogP contribution >= 0.6 is 0 Å². The van der Waals surface area contributed by atoms with E-state index < -0.39 is 0 Å². The van der Waals surface area contributed by atoms with E-state index in [4.69, 9.17) is 4.98 Å². The van der Waals surface area contributed by atoms with Gasteiger partial charge >= 0.3 is 0 Å². The van der Waals surface area contributed by atoms with Crippen molar-refractivity contribution in [2.24, 2.45) is 7.05 Å². The second-order valence-electron chi connectivity index (χ2n) is 6.59. The quantitative estimate of drug-likeness (QED) is 0.917. The molecule has 4 heteroatoms. The van der Waals surface area contributed by atoms with Gasteiger partial charge in [0.2, 0.25) is 0 Å². The van der Waals surface area contributed by atoms with E-state index >= 15 is 0 Å². The molecule has 0 aliphatic heterocycles. The van der Waals surface area contributed by atoms with Crippen molar-refractivity contribution in [3.8, 4) is 0 Å². The summed E-state index contributed by atoms with van der Waals surface area (Å²) in [4.78, 5) is 7.17. The van der Waals surface area contributed by atoms with E-state index in [-0.39, 0.29) is 6.04 Å². The molecule has 1 heterocycles. The molecule has 0 radical (unpaired) electrons. The summed E-state index contributed by atoms with van der Waals surface area (Å²) in [6.07, 6.45) is 3.94. The molecule has 4 nitrogen and oxygen atoms in total. The Morgan fingerprint density at radius 2 is 2.05 bits per heavy atom. The molecule has 0 bridgehead atoms. The first-order valence-corrected chi connectivity index (χ1v) is 7.86. The molecular formula is C17H26N4. The SMILES string of the molecule is CC(NCC1(N(C)C)CCC1)c1nc2ccccc2n1C. The summed E-state index contributed by atoms with van der Waals surface area (Å²) in [7, 11) is 6.50. The van der Waals surface area contributed by atoms with Gasteiger partial charge in [-0.15, -0.1) is 0 Å². The van der Waals surface area contributed by atoms with Crippen molar-refractivity contribution >= 4 is 11.0 Å². The maximum Gasteiger partial charge on any atom is 0.126 e. The number of para-hydroxylation sites is 2. The first-order chi connectivity index (χ1) is 10.0. The van der Waals surface area contributed by atoms with E-state index in [1.54, 1.807) is 0 Å². The largest absolute Gasteiger partial charge is 0.330 e. The van der Waals surface area contributed by atoms with Gasteiger partial charge in [0.15, 0.2) is 0 Å². The van der Waals surface area contributed by atoms with Crippen molar-refractivity contribution in [1.29, 1.82) is 0 Å². The van der Waals surface area contributed by atoms with E-state index in [9.17, 15) is 0 Å². The van der Waals surface area contributed by atoms with Gasteiger partial charge in [0.1, 0.15) is 5.82 Å². The first-order valence-electron chi connectivity index (χ1n) is 7.86. The Hall–Kier alpha value is -1.39. The van der Waals surface area contributed by atoms with Gasteiger partial charge in [-0.3, -0.25) is 0 Å². The molecule has 1 aliphatic carbocycles. The lowest BCUT2D eigenvalue weighted by Crippen LogP contribution is -2.56. The maximum atomic E-state index is 4.79. The minimum atomic E-state index is 0.264. The average Bonchev–Trinajstić information content (AvgIpc) is 2.75. The molecule has 1 N–H and O–H groups in total. The Morgan fingerprint density at radius 3 is 2.62 bits per heavy atom. The van der Waals surface area contributed by atoms with Crippen LogP contribution in [-0.2, 0) is 7.05 Å². The number of imidazole rings is 1. The van der Waals surface area contributed by atoms with Crippen molar-refractivity contribution in [2.45, 2.75) is 37.8 Å². The van der Waals surface area contributed by atoms with E-state index in [0.29, 0.717) is 5.54 Å². The Kier molecular flexibility index (Phi) is 3.76. The Labute approximate surface area is 127 Å². The van der Waals surface area contributed by atoms with Gasteiger partial charge in [-0.05, 0) is 52.4 Å². The van der Waals surface area contributed by atoms with Crippen LogP contribution in [0, 0.1) is 0 Å². The number of hydrogen-bond acceptors (Lipinski definition) is 3. The molecule has 21 heavy (non-hydrogen) atoms. The normalized spacial score (nSPS) is 18.9. The lowest BCUT2D eigenvalue weighted by molar-refractivity contribution is 0.0573. The lowest BCUT2D eigenvalue weighted by atomic mass is 9.75. The molecule has 1 aromatic carbocycles. The van der Waals surface area contributed by atoms with Gasteiger partial charge < -0.3 is 14.8 Å². The Morgan fingerprint density at radius 1 is 1.33 bits per heavy atom. The number of aryl methyl sites for hydroxylation is 1. The number of aromatic nitrogens is 2. The van der Waals surface area contributed by atoms with Gasteiger partial charge in [0, 0.05) is 19.1 Å². The summed E-state index contributed by atoms with van der Waals surface area (Å²) in [5, 5.41) is 3.70. The summed E-state index contributed by atoms with van der Waals surface area (Å²) >= 11 is 0. The van der Waals surface area contributed by atoms with Crippen LogP contribution in [0.1, 0.15) is 38.1 Å². The van der Waals surface area contributed by atoms with Gasteiger partial charge in [0.05, 0.1) is 17.1 Å². The molecule has 1 atom stereocenters. The summed E-state index contributed by atoms with van der Waals surface area (Å²) in [6.45, 7) is 3.24. The fourth-order valence-corrected chi connectivity index (χ4v) is 3.35. The topological polar surface area (TPSA) is 33.1 Å². The predicted octanol–water partition coefficient (Wildman–Crippen LogP) is 2.71. The fraction of sp³-hybridized carbons (Fsp3) is 0.588. The van der Waals surface area contributed by atoms with Crippen molar-refractivity contribution in [2.75, 3.05) is 20.6 Å². The number of benzene rings is 1. The third-order valence-corrected chi connectivity index (χ3v) is 5.18. The van der Waals surface area contributed by atoms with Crippen molar-refractivity contribution in [3.63, 3.8) is 0 Å². The number of nitrogens with zero attached hydrogens (tertiary/aromatic N) is 3. The predicted molar refractivity (Wildman–Crippen MR) is 87.4 cm³/mol. The van der Waals surface area contributed by atoms with E-state index in [2.05, 4.69) is 61.0 Å². The van der Waals surface area contributed by atoms with Gasteiger partial charge in [-0.2, -0.15) is 0 Å². The molecule has 0 amide bonds. The molecule has 0 spiro atoms. The van der Waals surface area contributed by atoms with Crippen LogP contribution in [-0.4, -0.2) is 40.6 Å². The zero-order valence-corrected chi connectivity index (χ0v) is 13.6. The standard InChI is InChI=1S/C17H26N4/c1-13(18-12-17(20(2)3)10-7-11-17)16-19-14-8-5-6-9-15(14)21(16)4/h5-6,8-9,13,18H,7,10-12H2,1-4H3. The first kappa shape index (κ1) is 14.5. The van der Waals surface area contributed by atoms with Crippen molar-refractivity contribution in [3.05, 3.63) is 30.1 Å². The third-order valence-electron chi connectivity index (χ3n) is 5.18. The molecule has 1 fully saturated rings. The van der Waals surface area contributed by atoms with Crippen molar-refractivity contribution < 1.29 is 0 Å². The highest BCUT2D eigenvalue weighted by Crippen LogP contribution is 2.36. The molecule has 2 aromatic rings. The number of likely N-dealkylation sites (N-methyl/N-ethyl adjacent to an activating group) is 1. The second kappa shape index (κ2) is 5.43. The van der Waals surface area contributed by atoms with Crippen molar-refractivity contribution in [1.82, 2.24) is 19.8 Å². The minimum absolute atomic E-state index is 0.264. The number of nitrogens with one attached hydrogen (secondary N) is 1. The van der Waals surface area contributed by atoms with E-state index in [0.717, 1.165) is 17.9 Å². The monoisotopic (exact) mass is 286 g/mol. The molecule has 1 saturated carbocycles. The Bertz CT molecular complexity index is 625. The zero-order valence-electron chi connectivity index (χ0n) is 13.6. The van der Waals surface area contributed by atoms with Crippen LogP contribution in [0.5, 0.6) is 0 Å². The maximum absolute atomic E-state index is 4.79. The van der Waals surface area contributed by atoms with Crippen LogP contribution in [0.2, 0.25) is 0 Å². The summed E-state index contributed by atoms with van der Waals surface area (Å²) in [5.41, 5.74) is 2.63. The molecule has 1 aromatic heterocycles. The van der Waals surface area contributed by atoms with Crippen LogP contribution in [0.4, 0.5) is 0 Å². The van der Waals surface area contributed by atoms with Crippen LogP contribution in [0.25, 0.3) is 11.0 Å². The third kappa shape index (κ3) is 2.47. The van der Waals surface area contributed by atoms with Gasteiger partial charge in [-0.25, -0.2) is 4.98 Å². The fourth-order valence-electron chi connectivity index (χ4n) is 3.35. The molecule has 114 valence electrons. The summed E-state index contributed by atoms with van der Waals surface area (Å²) < 4.78 is 2.20. The summed E-state index contributed by atoms with van der Waals surface area (Å²) in [5.74, 6) is 1.12. The molecule has 1 unspecified atom stereocenters. The highest BCUT2D eigenvalue weighted by molar-refractivity contribution is 5.75.